The summed E-state index contributed by atoms with van der Waals surface area (Å²) in [5, 5.41) is 2.90. The van der Waals surface area contributed by atoms with Gasteiger partial charge in [0, 0.05) is 19.9 Å². The fraction of sp³-hybridized carbons (Fsp3) is 0.769. The first kappa shape index (κ1) is 15.3. The molecule has 1 N–H and O–H groups in total. The topological polar surface area (TPSA) is 73.2 Å². The van der Waals surface area contributed by atoms with Crippen LogP contribution < -0.4 is 5.32 Å². The number of sulfone groups is 1. The highest BCUT2D eigenvalue weighted by Crippen LogP contribution is 2.21. The van der Waals surface area contributed by atoms with Gasteiger partial charge < -0.3 is 14.6 Å². The Hall–Kier alpha value is -1.08. The van der Waals surface area contributed by atoms with Crippen LogP contribution in [0.4, 0.5) is 5.95 Å². The molecule has 1 aromatic heterocycles. The van der Waals surface area contributed by atoms with E-state index in [-0.39, 0.29) is 11.3 Å². The van der Waals surface area contributed by atoms with Crippen LogP contribution in [0.5, 0.6) is 0 Å². The number of rotatable bonds is 6. The van der Waals surface area contributed by atoms with Gasteiger partial charge in [-0.25, -0.2) is 13.4 Å². The van der Waals surface area contributed by atoms with Gasteiger partial charge in [-0.3, -0.25) is 0 Å². The number of nitrogens with one attached hydrogen (secondary N) is 1. The zero-order chi connectivity index (χ0) is 14.8. The number of hydrogen-bond acceptors (Lipinski definition) is 5. The SMILES string of the molecule is COCC(C)n1cc(C)nc1NCC1CCCS1(=O)=O. The first-order valence-corrected chi connectivity index (χ1v) is 8.65. The molecule has 6 nitrogen and oxygen atoms in total. The van der Waals surface area contributed by atoms with Crippen molar-refractivity contribution in [1.29, 1.82) is 0 Å². The predicted octanol–water partition coefficient (Wildman–Crippen LogP) is 1.39. The molecule has 2 atom stereocenters. The van der Waals surface area contributed by atoms with E-state index in [0.717, 1.165) is 18.5 Å². The van der Waals surface area contributed by atoms with E-state index in [0.29, 0.717) is 24.9 Å². The lowest BCUT2D eigenvalue weighted by atomic mass is 10.2. The summed E-state index contributed by atoms with van der Waals surface area (Å²) in [4.78, 5) is 4.42. The zero-order valence-electron chi connectivity index (χ0n) is 12.3. The number of ether oxygens (including phenoxy) is 1. The van der Waals surface area contributed by atoms with E-state index in [1.165, 1.54) is 0 Å². The Morgan fingerprint density at radius 3 is 2.95 bits per heavy atom. The second kappa shape index (κ2) is 6.13. The van der Waals surface area contributed by atoms with Crippen LogP contribution in [0.2, 0.25) is 0 Å². The molecule has 1 aliphatic rings. The molecular formula is C13H23N3O3S. The molecule has 0 spiro atoms. The molecule has 20 heavy (non-hydrogen) atoms. The maximum Gasteiger partial charge on any atom is 0.203 e. The van der Waals surface area contributed by atoms with E-state index in [2.05, 4.69) is 10.3 Å². The molecule has 7 heteroatoms. The monoisotopic (exact) mass is 301 g/mol. The van der Waals surface area contributed by atoms with E-state index >= 15 is 0 Å². The van der Waals surface area contributed by atoms with Crippen LogP contribution in [0.1, 0.15) is 31.5 Å². The summed E-state index contributed by atoms with van der Waals surface area (Å²) < 4.78 is 30.8. The van der Waals surface area contributed by atoms with Crippen LogP contribution in [-0.2, 0) is 14.6 Å². The summed E-state index contributed by atoms with van der Waals surface area (Å²) in [5.74, 6) is 1.03. The average Bonchev–Trinajstić information content (AvgIpc) is 2.89. The Kier molecular flexibility index (Phi) is 4.70. The van der Waals surface area contributed by atoms with Crippen molar-refractivity contribution < 1.29 is 13.2 Å². The maximum absolute atomic E-state index is 11.8. The Labute approximate surface area is 120 Å². The molecule has 0 saturated carbocycles. The molecule has 0 aliphatic carbocycles. The van der Waals surface area contributed by atoms with Crippen molar-refractivity contribution in [2.45, 2.75) is 38.0 Å². The fourth-order valence-corrected chi connectivity index (χ4v) is 4.36. The second-order valence-electron chi connectivity index (χ2n) is 5.43. The molecule has 1 saturated heterocycles. The van der Waals surface area contributed by atoms with Crippen LogP contribution in [-0.4, -0.2) is 49.2 Å². The van der Waals surface area contributed by atoms with Crippen molar-refractivity contribution >= 4 is 15.8 Å². The van der Waals surface area contributed by atoms with Gasteiger partial charge in [-0.2, -0.15) is 0 Å². The van der Waals surface area contributed by atoms with E-state index in [1.54, 1.807) is 7.11 Å². The number of methoxy groups -OCH3 is 1. The lowest BCUT2D eigenvalue weighted by Gasteiger charge is -2.17. The number of imidazole rings is 1. The Balaban J connectivity index is 2.06. The summed E-state index contributed by atoms with van der Waals surface area (Å²) >= 11 is 0. The highest BCUT2D eigenvalue weighted by atomic mass is 32.2. The van der Waals surface area contributed by atoms with Gasteiger partial charge in [0.2, 0.25) is 5.95 Å². The molecule has 0 aromatic carbocycles. The highest BCUT2D eigenvalue weighted by molar-refractivity contribution is 7.92. The van der Waals surface area contributed by atoms with Crippen molar-refractivity contribution in [2.75, 3.05) is 31.3 Å². The Morgan fingerprint density at radius 2 is 2.35 bits per heavy atom. The molecule has 1 aromatic rings. The summed E-state index contributed by atoms with van der Waals surface area (Å²) in [5.41, 5.74) is 0.907. The lowest BCUT2D eigenvalue weighted by molar-refractivity contribution is 0.163. The van der Waals surface area contributed by atoms with Gasteiger partial charge in [-0.1, -0.05) is 0 Å². The van der Waals surface area contributed by atoms with Crippen LogP contribution >= 0.6 is 0 Å². The normalized spacial score (nSPS) is 22.9. The van der Waals surface area contributed by atoms with Crippen molar-refractivity contribution in [2.24, 2.45) is 0 Å². The van der Waals surface area contributed by atoms with Gasteiger partial charge in [-0.15, -0.1) is 0 Å². The Bertz CT molecular complexity index is 553. The molecule has 114 valence electrons. The molecule has 2 heterocycles. The van der Waals surface area contributed by atoms with Gasteiger partial charge in [0.05, 0.1) is 29.3 Å². The molecule has 1 aliphatic heterocycles. The minimum absolute atomic E-state index is 0.156. The molecule has 2 unspecified atom stereocenters. The number of aromatic nitrogens is 2. The smallest absolute Gasteiger partial charge is 0.203 e. The third-order valence-electron chi connectivity index (χ3n) is 3.69. The van der Waals surface area contributed by atoms with E-state index in [4.69, 9.17) is 4.74 Å². The lowest BCUT2D eigenvalue weighted by Crippen LogP contribution is -2.26. The number of nitrogens with zero attached hydrogens (tertiary/aromatic N) is 2. The van der Waals surface area contributed by atoms with Crippen LogP contribution in [0.25, 0.3) is 0 Å². The van der Waals surface area contributed by atoms with Gasteiger partial charge in [0.1, 0.15) is 0 Å². The van der Waals surface area contributed by atoms with Gasteiger partial charge >= 0.3 is 0 Å². The molecule has 0 radical (unpaired) electrons. The van der Waals surface area contributed by atoms with E-state index < -0.39 is 9.84 Å². The zero-order valence-corrected chi connectivity index (χ0v) is 13.1. The van der Waals surface area contributed by atoms with Crippen molar-refractivity contribution in [3.05, 3.63) is 11.9 Å². The number of aryl methyl sites for hydroxylation is 1. The van der Waals surface area contributed by atoms with E-state index in [9.17, 15) is 8.42 Å². The quantitative estimate of drug-likeness (QED) is 0.859. The minimum atomic E-state index is -2.92. The standard InChI is InChI=1S/C13H23N3O3S/c1-10-8-16(11(2)9-19-3)13(15-10)14-7-12-5-4-6-20(12,17)18/h8,11-12H,4-7,9H2,1-3H3,(H,14,15). The van der Waals surface area contributed by atoms with Crippen molar-refractivity contribution in [1.82, 2.24) is 9.55 Å². The third-order valence-corrected chi connectivity index (χ3v) is 5.96. The first-order valence-electron chi connectivity index (χ1n) is 6.94. The van der Waals surface area contributed by atoms with E-state index in [1.807, 2.05) is 24.6 Å². The third kappa shape index (κ3) is 3.32. The molecule has 1 fully saturated rings. The van der Waals surface area contributed by atoms with Crippen LogP contribution in [0.3, 0.4) is 0 Å². The summed E-state index contributed by atoms with van der Waals surface area (Å²) in [6, 6.07) is 0.156. The first-order chi connectivity index (χ1) is 9.44. The molecule has 2 rings (SSSR count). The summed E-state index contributed by atoms with van der Waals surface area (Å²) in [6.45, 7) is 4.99. The Morgan fingerprint density at radius 1 is 1.60 bits per heavy atom. The highest BCUT2D eigenvalue weighted by Gasteiger charge is 2.31. The van der Waals surface area contributed by atoms with Crippen molar-refractivity contribution in [3.8, 4) is 0 Å². The largest absolute Gasteiger partial charge is 0.383 e. The molecule has 0 bridgehead atoms. The van der Waals surface area contributed by atoms with Crippen molar-refractivity contribution in [3.63, 3.8) is 0 Å². The van der Waals surface area contributed by atoms with Crippen LogP contribution in [0, 0.1) is 6.92 Å². The second-order valence-corrected chi connectivity index (χ2v) is 7.83. The number of hydrogen-bond donors (Lipinski definition) is 1. The molecular weight excluding hydrogens is 278 g/mol. The van der Waals surface area contributed by atoms with Gasteiger partial charge in [0.25, 0.3) is 0 Å². The summed E-state index contributed by atoms with van der Waals surface area (Å²) in [6.07, 6.45) is 3.46. The fourth-order valence-electron chi connectivity index (χ4n) is 2.60. The minimum Gasteiger partial charge on any atom is -0.383 e. The van der Waals surface area contributed by atoms with Crippen LogP contribution in [0.15, 0.2) is 6.20 Å². The van der Waals surface area contributed by atoms with Gasteiger partial charge in [0.15, 0.2) is 9.84 Å². The summed E-state index contributed by atoms with van der Waals surface area (Å²) in [7, 11) is -1.25. The molecule has 0 amide bonds. The average molecular weight is 301 g/mol. The maximum atomic E-state index is 11.8. The number of anilines is 1. The predicted molar refractivity (Wildman–Crippen MR) is 78.8 cm³/mol. The van der Waals surface area contributed by atoms with Gasteiger partial charge in [-0.05, 0) is 26.7 Å².